The average molecular weight is 407 g/mol. The SMILES string of the molecule is COc1cc(/C=C/C(=O)NCCc2ccc(-n3cccn3)cc2)cc(OC)c1OC. The van der Waals surface area contributed by atoms with E-state index in [2.05, 4.69) is 10.4 Å². The Labute approximate surface area is 175 Å². The minimum absolute atomic E-state index is 0.170. The molecular weight excluding hydrogens is 382 g/mol. The van der Waals surface area contributed by atoms with Gasteiger partial charge >= 0.3 is 0 Å². The largest absolute Gasteiger partial charge is 0.493 e. The fraction of sp³-hybridized carbons (Fsp3) is 0.217. The third kappa shape index (κ3) is 5.20. The minimum atomic E-state index is -0.170. The smallest absolute Gasteiger partial charge is 0.244 e. The monoisotopic (exact) mass is 407 g/mol. The molecule has 1 amide bonds. The Hall–Kier alpha value is -3.74. The molecule has 0 aliphatic carbocycles. The fourth-order valence-electron chi connectivity index (χ4n) is 3.00. The summed E-state index contributed by atoms with van der Waals surface area (Å²) in [5, 5.41) is 7.10. The van der Waals surface area contributed by atoms with Crippen LogP contribution in [0.25, 0.3) is 11.8 Å². The number of ether oxygens (including phenoxy) is 3. The van der Waals surface area contributed by atoms with Gasteiger partial charge in [-0.05, 0) is 54.0 Å². The summed E-state index contributed by atoms with van der Waals surface area (Å²) in [5.74, 6) is 1.42. The molecule has 0 saturated heterocycles. The highest BCUT2D eigenvalue weighted by molar-refractivity contribution is 5.91. The zero-order valence-electron chi connectivity index (χ0n) is 17.3. The van der Waals surface area contributed by atoms with Gasteiger partial charge in [-0.15, -0.1) is 0 Å². The molecule has 2 aromatic carbocycles. The summed E-state index contributed by atoms with van der Waals surface area (Å²) in [6.45, 7) is 0.541. The van der Waals surface area contributed by atoms with E-state index in [0.717, 1.165) is 23.2 Å². The lowest BCUT2D eigenvalue weighted by atomic mass is 10.1. The molecule has 3 aromatic rings. The third-order valence-electron chi connectivity index (χ3n) is 4.53. The Morgan fingerprint density at radius 2 is 1.77 bits per heavy atom. The molecule has 156 valence electrons. The highest BCUT2D eigenvalue weighted by atomic mass is 16.5. The van der Waals surface area contributed by atoms with Gasteiger partial charge in [0, 0.05) is 25.0 Å². The molecule has 7 heteroatoms. The Morgan fingerprint density at radius 1 is 1.07 bits per heavy atom. The molecule has 0 fully saturated rings. The lowest BCUT2D eigenvalue weighted by molar-refractivity contribution is -0.116. The van der Waals surface area contributed by atoms with Crippen LogP contribution in [0, 0.1) is 0 Å². The molecule has 0 spiro atoms. The van der Waals surface area contributed by atoms with Gasteiger partial charge in [-0.1, -0.05) is 12.1 Å². The van der Waals surface area contributed by atoms with E-state index < -0.39 is 0 Å². The van der Waals surface area contributed by atoms with E-state index >= 15 is 0 Å². The molecule has 1 heterocycles. The molecule has 1 aromatic heterocycles. The molecule has 0 aliphatic rings. The lowest BCUT2D eigenvalue weighted by Crippen LogP contribution is -2.23. The average Bonchev–Trinajstić information content (AvgIpc) is 3.32. The second-order valence-electron chi connectivity index (χ2n) is 6.45. The van der Waals surface area contributed by atoms with E-state index in [1.165, 1.54) is 6.08 Å². The van der Waals surface area contributed by atoms with Crippen molar-refractivity contribution in [3.05, 3.63) is 72.1 Å². The predicted octanol–water partition coefficient (Wildman–Crippen LogP) is 3.27. The van der Waals surface area contributed by atoms with Gasteiger partial charge < -0.3 is 19.5 Å². The molecule has 0 unspecified atom stereocenters. The van der Waals surface area contributed by atoms with E-state index in [1.54, 1.807) is 50.4 Å². The zero-order chi connectivity index (χ0) is 21.3. The second kappa shape index (κ2) is 10.2. The molecule has 7 nitrogen and oxygen atoms in total. The number of carbonyl (C=O) groups excluding carboxylic acids is 1. The molecule has 0 aliphatic heterocycles. The first-order chi connectivity index (χ1) is 14.6. The van der Waals surface area contributed by atoms with Crippen molar-refractivity contribution >= 4 is 12.0 Å². The molecule has 30 heavy (non-hydrogen) atoms. The van der Waals surface area contributed by atoms with E-state index in [1.807, 2.05) is 36.5 Å². The summed E-state index contributed by atoms with van der Waals surface area (Å²) in [6, 6.07) is 13.5. The number of hydrogen-bond acceptors (Lipinski definition) is 5. The van der Waals surface area contributed by atoms with Crippen LogP contribution in [0.4, 0.5) is 0 Å². The molecule has 0 saturated carbocycles. The molecule has 0 bridgehead atoms. The number of amides is 1. The normalized spacial score (nSPS) is 10.8. The predicted molar refractivity (Wildman–Crippen MR) is 115 cm³/mol. The standard InChI is InChI=1S/C23H25N3O4/c1-28-20-15-18(16-21(29-2)23(20)30-3)7-10-22(27)24-13-11-17-5-8-19(9-6-17)26-14-4-12-25-26/h4-10,12,14-16H,11,13H2,1-3H3,(H,24,27)/b10-7+. The number of aromatic nitrogens is 2. The minimum Gasteiger partial charge on any atom is -0.493 e. The van der Waals surface area contributed by atoms with E-state index in [-0.39, 0.29) is 5.91 Å². The maximum atomic E-state index is 12.2. The van der Waals surface area contributed by atoms with Crippen LogP contribution >= 0.6 is 0 Å². The van der Waals surface area contributed by atoms with Crippen LogP contribution in [0.1, 0.15) is 11.1 Å². The molecule has 0 radical (unpaired) electrons. The Bertz CT molecular complexity index is 971. The number of benzene rings is 2. The van der Waals surface area contributed by atoms with Crippen LogP contribution in [-0.4, -0.2) is 43.6 Å². The Balaban J connectivity index is 1.54. The Morgan fingerprint density at radius 3 is 2.33 bits per heavy atom. The highest BCUT2D eigenvalue weighted by Gasteiger charge is 2.12. The summed E-state index contributed by atoms with van der Waals surface area (Å²) < 4.78 is 17.8. The van der Waals surface area contributed by atoms with Gasteiger partial charge in [0.05, 0.1) is 27.0 Å². The molecule has 1 N–H and O–H groups in total. The van der Waals surface area contributed by atoms with E-state index in [9.17, 15) is 4.79 Å². The van der Waals surface area contributed by atoms with Crippen LogP contribution < -0.4 is 19.5 Å². The van der Waals surface area contributed by atoms with Crippen molar-refractivity contribution in [3.8, 4) is 22.9 Å². The van der Waals surface area contributed by atoms with Crippen LogP contribution in [0.15, 0.2) is 60.9 Å². The first-order valence-electron chi connectivity index (χ1n) is 9.49. The summed E-state index contributed by atoms with van der Waals surface area (Å²) in [4.78, 5) is 12.2. The summed E-state index contributed by atoms with van der Waals surface area (Å²) in [5.41, 5.74) is 2.91. The number of methoxy groups -OCH3 is 3. The quantitative estimate of drug-likeness (QED) is 0.551. The van der Waals surface area contributed by atoms with Crippen molar-refractivity contribution < 1.29 is 19.0 Å². The van der Waals surface area contributed by atoms with E-state index in [4.69, 9.17) is 14.2 Å². The van der Waals surface area contributed by atoms with Crippen molar-refractivity contribution in [2.24, 2.45) is 0 Å². The van der Waals surface area contributed by atoms with Gasteiger partial charge in [-0.3, -0.25) is 4.79 Å². The zero-order valence-corrected chi connectivity index (χ0v) is 17.3. The van der Waals surface area contributed by atoms with Crippen molar-refractivity contribution in [3.63, 3.8) is 0 Å². The number of rotatable bonds is 9. The first-order valence-corrected chi connectivity index (χ1v) is 9.49. The second-order valence-corrected chi connectivity index (χ2v) is 6.45. The number of hydrogen-bond donors (Lipinski definition) is 1. The van der Waals surface area contributed by atoms with Gasteiger partial charge in [0.15, 0.2) is 11.5 Å². The summed E-state index contributed by atoms with van der Waals surface area (Å²) in [7, 11) is 4.66. The summed E-state index contributed by atoms with van der Waals surface area (Å²) in [6.07, 6.45) is 7.58. The van der Waals surface area contributed by atoms with Crippen molar-refractivity contribution in [1.29, 1.82) is 0 Å². The van der Waals surface area contributed by atoms with Crippen LogP contribution in [0.2, 0.25) is 0 Å². The Kier molecular flexibility index (Phi) is 7.10. The third-order valence-corrected chi connectivity index (χ3v) is 4.53. The first kappa shape index (κ1) is 21.0. The van der Waals surface area contributed by atoms with Crippen LogP contribution in [-0.2, 0) is 11.2 Å². The lowest BCUT2D eigenvalue weighted by Gasteiger charge is -2.12. The number of carbonyl (C=O) groups is 1. The topological polar surface area (TPSA) is 74.6 Å². The van der Waals surface area contributed by atoms with Gasteiger partial charge in [0.1, 0.15) is 0 Å². The van der Waals surface area contributed by atoms with Gasteiger partial charge in [0.25, 0.3) is 0 Å². The summed E-state index contributed by atoms with van der Waals surface area (Å²) >= 11 is 0. The van der Waals surface area contributed by atoms with Crippen molar-refractivity contribution in [2.75, 3.05) is 27.9 Å². The van der Waals surface area contributed by atoms with Crippen LogP contribution in [0.3, 0.4) is 0 Å². The van der Waals surface area contributed by atoms with Gasteiger partial charge in [-0.25, -0.2) is 4.68 Å². The molecule has 0 atom stereocenters. The van der Waals surface area contributed by atoms with Gasteiger partial charge in [-0.2, -0.15) is 5.10 Å². The number of nitrogens with one attached hydrogen (secondary N) is 1. The maximum absolute atomic E-state index is 12.2. The molecular formula is C23H25N3O4. The molecule has 3 rings (SSSR count). The van der Waals surface area contributed by atoms with Crippen molar-refractivity contribution in [1.82, 2.24) is 15.1 Å². The highest BCUT2D eigenvalue weighted by Crippen LogP contribution is 2.38. The van der Waals surface area contributed by atoms with Crippen molar-refractivity contribution in [2.45, 2.75) is 6.42 Å². The van der Waals surface area contributed by atoms with Crippen LogP contribution in [0.5, 0.6) is 17.2 Å². The van der Waals surface area contributed by atoms with E-state index in [0.29, 0.717) is 23.8 Å². The maximum Gasteiger partial charge on any atom is 0.244 e. The fourth-order valence-corrected chi connectivity index (χ4v) is 3.00. The number of nitrogens with zero attached hydrogens (tertiary/aromatic N) is 2. The van der Waals surface area contributed by atoms with Gasteiger partial charge in [0.2, 0.25) is 11.7 Å².